The summed E-state index contributed by atoms with van der Waals surface area (Å²) in [6, 6.07) is 8.36. The fourth-order valence-electron chi connectivity index (χ4n) is 1.71. The largest absolute Gasteiger partial charge is 0.465 e. The first-order valence-corrected chi connectivity index (χ1v) is 5.46. The summed E-state index contributed by atoms with van der Waals surface area (Å²) in [5.41, 5.74) is 1.20. The zero-order valence-corrected chi connectivity index (χ0v) is 9.75. The van der Waals surface area contributed by atoms with Gasteiger partial charge in [-0.05, 0) is 19.1 Å². The van der Waals surface area contributed by atoms with Gasteiger partial charge in [0.25, 0.3) is 0 Å². The molecule has 0 bridgehead atoms. The van der Waals surface area contributed by atoms with Gasteiger partial charge >= 0.3 is 6.09 Å². The maximum atomic E-state index is 12.0. The second-order valence-electron chi connectivity index (χ2n) is 3.95. The smallest absolute Gasteiger partial charge is 0.405 e. The van der Waals surface area contributed by atoms with Crippen LogP contribution < -0.4 is 5.32 Å². The minimum atomic E-state index is -1.22. The number of pyridine rings is 1. The maximum absolute atomic E-state index is 12.0. The Labute approximate surface area is 103 Å². The van der Waals surface area contributed by atoms with Crippen LogP contribution in [0.15, 0.2) is 36.5 Å². The molecule has 2 rings (SSSR count). The van der Waals surface area contributed by atoms with Crippen molar-refractivity contribution in [3.63, 3.8) is 0 Å². The van der Waals surface area contributed by atoms with Crippen molar-refractivity contribution in [2.24, 2.45) is 0 Å². The average molecular weight is 244 g/mol. The molecule has 2 aromatic rings. The van der Waals surface area contributed by atoms with Crippen molar-refractivity contribution in [1.82, 2.24) is 10.3 Å². The molecule has 0 aliphatic heterocycles. The van der Waals surface area contributed by atoms with Crippen molar-refractivity contribution in [3.8, 4) is 0 Å². The van der Waals surface area contributed by atoms with E-state index in [0.29, 0.717) is 5.56 Å². The lowest BCUT2D eigenvalue weighted by atomic mass is 10.1. The third-order valence-corrected chi connectivity index (χ3v) is 2.61. The minimum absolute atomic E-state index is 0.296. The number of carbonyl (C=O) groups is 2. The van der Waals surface area contributed by atoms with Gasteiger partial charge in [-0.1, -0.05) is 18.2 Å². The van der Waals surface area contributed by atoms with Gasteiger partial charge in [-0.15, -0.1) is 0 Å². The molecule has 0 radical (unpaired) electrons. The number of para-hydroxylation sites is 1. The number of amides is 1. The normalized spacial score (nSPS) is 12.1. The number of carboxylic acid groups (broad SMARTS) is 1. The Morgan fingerprint density at radius 3 is 2.78 bits per heavy atom. The van der Waals surface area contributed by atoms with E-state index in [1.807, 2.05) is 24.3 Å². The summed E-state index contributed by atoms with van der Waals surface area (Å²) in [5.74, 6) is -0.296. The molecule has 1 aromatic heterocycles. The van der Waals surface area contributed by atoms with E-state index in [1.54, 1.807) is 6.07 Å². The van der Waals surface area contributed by atoms with Crippen LogP contribution in [0.3, 0.4) is 0 Å². The zero-order valence-electron chi connectivity index (χ0n) is 9.75. The van der Waals surface area contributed by atoms with Crippen molar-refractivity contribution in [3.05, 3.63) is 42.1 Å². The van der Waals surface area contributed by atoms with Gasteiger partial charge in [-0.3, -0.25) is 9.78 Å². The summed E-state index contributed by atoms with van der Waals surface area (Å²) in [6.45, 7) is 1.51. The molecule has 1 unspecified atom stereocenters. The molecule has 2 N–H and O–H groups in total. The molecule has 0 aliphatic rings. The molecular weight excluding hydrogens is 232 g/mol. The van der Waals surface area contributed by atoms with Gasteiger partial charge in [0.2, 0.25) is 0 Å². The first kappa shape index (κ1) is 12.0. The predicted molar refractivity (Wildman–Crippen MR) is 66.7 cm³/mol. The van der Waals surface area contributed by atoms with E-state index < -0.39 is 12.1 Å². The van der Waals surface area contributed by atoms with E-state index in [1.165, 1.54) is 13.1 Å². The lowest BCUT2D eigenvalue weighted by molar-refractivity contribution is 0.0945. The van der Waals surface area contributed by atoms with Crippen molar-refractivity contribution in [2.75, 3.05) is 0 Å². The van der Waals surface area contributed by atoms with Crippen molar-refractivity contribution < 1.29 is 14.7 Å². The molecule has 0 saturated heterocycles. The summed E-state index contributed by atoms with van der Waals surface area (Å²) in [7, 11) is 0. The van der Waals surface area contributed by atoms with Crippen LogP contribution in [0.2, 0.25) is 0 Å². The minimum Gasteiger partial charge on any atom is -0.465 e. The van der Waals surface area contributed by atoms with E-state index in [2.05, 4.69) is 10.3 Å². The van der Waals surface area contributed by atoms with Crippen LogP contribution in [0.4, 0.5) is 4.79 Å². The van der Waals surface area contributed by atoms with Gasteiger partial charge in [0.15, 0.2) is 5.78 Å². The summed E-state index contributed by atoms with van der Waals surface area (Å²) in [6.07, 6.45) is 0.245. The highest BCUT2D eigenvalue weighted by Crippen LogP contribution is 2.13. The number of ketones is 1. The van der Waals surface area contributed by atoms with Crippen molar-refractivity contribution >= 4 is 22.8 Å². The average Bonchev–Trinajstić information content (AvgIpc) is 2.36. The Kier molecular flexibility index (Phi) is 3.23. The second kappa shape index (κ2) is 4.83. The molecule has 0 fully saturated rings. The number of fused-ring (bicyclic) bond motifs is 1. The topological polar surface area (TPSA) is 79.3 Å². The molecule has 1 amide bonds. The first-order valence-electron chi connectivity index (χ1n) is 5.46. The SMILES string of the molecule is CC(NC(=O)O)C(=O)c1cnc2ccccc2c1. The Morgan fingerprint density at radius 2 is 2.06 bits per heavy atom. The van der Waals surface area contributed by atoms with Gasteiger partial charge in [0.1, 0.15) is 0 Å². The number of rotatable bonds is 3. The number of hydrogen-bond donors (Lipinski definition) is 2. The molecule has 92 valence electrons. The van der Waals surface area contributed by atoms with Gasteiger partial charge in [-0.25, -0.2) is 4.79 Å². The van der Waals surface area contributed by atoms with Crippen LogP contribution in [-0.2, 0) is 0 Å². The fourth-order valence-corrected chi connectivity index (χ4v) is 1.71. The molecule has 0 spiro atoms. The highest BCUT2D eigenvalue weighted by Gasteiger charge is 2.17. The van der Waals surface area contributed by atoms with Crippen molar-refractivity contribution in [1.29, 1.82) is 0 Å². The number of hydrogen-bond acceptors (Lipinski definition) is 3. The van der Waals surface area contributed by atoms with Gasteiger partial charge in [0, 0.05) is 17.1 Å². The standard InChI is InChI=1S/C13H12N2O3/c1-8(15-13(17)18)12(16)10-6-9-4-2-3-5-11(9)14-7-10/h2-8,15H,1H3,(H,17,18). The van der Waals surface area contributed by atoms with Crippen LogP contribution in [0.25, 0.3) is 10.9 Å². The molecule has 18 heavy (non-hydrogen) atoms. The fraction of sp³-hybridized carbons (Fsp3) is 0.154. The highest BCUT2D eigenvalue weighted by molar-refractivity contribution is 6.02. The van der Waals surface area contributed by atoms with E-state index in [9.17, 15) is 9.59 Å². The predicted octanol–water partition coefficient (Wildman–Crippen LogP) is 2.07. The van der Waals surface area contributed by atoms with Crippen LogP contribution in [0.1, 0.15) is 17.3 Å². The number of aromatic nitrogens is 1. The van der Waals surface area contributed by atoms with Gasteiger partial charge < -0.3 is 10.4 Å². The molecular formula is C13H12N2O3. The van der Waals surface area contributed by atoms with E-state index in [4.69, 9.17) is 5.11 Å². The molecule has 0 saturated carbocycles. The summed E-state index contributed by atoms with van der Waals surface area (Å²) in [4.78, 5) is 26.6. The van der Waals surface area contributed by atoms with Crippen molar-refractivity contribution in [2.45, 2.75) is 13.0 Å². The third kappa shape index (κ3) is 2.45. The second-order valence-corrected chi connectivity index (χ2v) is 3.95. The molecule has 5 heteroatoms. The Balaban J connectivity index is 2.30. The first-order chi connectivity index (χ1) is 8.58. The maximum Gasteiger partial charge on any atom is 0.405 e. The van der Waals surface area contributed by atoms with Crippen LogP contribution >= 0.6 is 0 Å². The number of nitrogens with zero attached hydrogens (tertiary/aromatic N) is 1. The third-order valence-electron chi connectivity index (χ3n) is 2.61. The van der Waals surface area contributed by atoms with Crippen LogP contribution in [0.5, 0.6) is 0 Å². The summed E-state index contributed by atoms with van der Waals surface area (Å²) < 4.78 is 0. The quantitative estimate of drug-likeness (QED) is 0.810. The lowest BCUT2D eigenvalue weighted by Gasteiger charge is -2.10. The molecule has 0 aliphatic carbocycles. The highest BCUT2D eigenvalue weighted by atomic mass is 16.4. The van der Waals surface area contributed by atoms with Gasteiger partial charge in [-0.2, -0.15) is 0 Å². The molecule has 5 nitrogen and oxygen atoms in total. The lowest BCUT2D eigenvalue weighted by Crippen LogP contribution is -2.37. The van der Waals surface area contributed by atoms with Crippen LogP contribution in [0, 0.1) is 0 Å². The molecule has 1 aromatic carbocycles. The van der Waals surface area contributed by atoms with Gasteiger partial charge in [0.05, 0.1) is 11.6 Å². The zero-order chi connectivity index (χ0) is 13.1. The summed E-state index contributed by atoms with van der Waals surface area (Å²) >= 11 is 0. The summed E-state index contributed by atoms with van der Waals surface area (Å²) in [5, 5.41) is 11.6. The number of carbonyl (C=O) groups excluding carboxylic acids is 1. The Bertz CT molecular complexity index is 610. The monoisotopic (exact) mass is 244 g/mol. The Morgan fingerprint density at radius 1 is 1.33 bits per heavy atom. The van der Waals surface area contributed by atoms with E-state index in [-0.39, 0.29) is 5.78 Å². The van der Waals surface area contributed by atoms with Crippen LogP contribution in [-0.4, -0.2) is 28.0 Å². The number of nitrogens with one attached hydrogen (secondary N) is 1. The Hall–Kier alpha value is -2.43. The van der Waals surface area contributed by atoms with E-state index >= 15 is 0 Å². The number of benzene rings is 1. The molecule has 1 atom stereocenters. The molecule has 1 heterocycles. The number of Topliss-reactive ketones (excluding diaryl/α,β-unsaturated/α-hetero) is 1. The van der Waals surface area contributed by atoms with E-state index in [0.717, 1.165) is 10.9 Å².